The number of aliphatic imine (C=N–C) groups is 1. The van der Waals surface area contributed by atoms with E-state index in [1.165, 1.54) is 0 Å². The summed E-state index contributed by atoms with van der Waals surface area (Å²) in [7, 11) is 0. The van der Waals surface area contributed by atoms with E-state index < -0.39 is 23.7 Å². The fourth-order valence-corrected chi connectivity index (χ4v) is 3.15. The zero-order valence-electron chi connectivity index (χ0n) is 13.2. The van der Waals surface area contributed by atoms with Crippen molar-refractivity contribution in [3.05, 3.63) is 32.2 Å². The lowest BCUT2D eigenvalue weighted by atomic mass is 10.5. The van der Waals surface area contributed by atoms with Crippen LogP contribution in [0.5, 0.6) is 0 Å². The van der Waals surface area contributed by atoms with E-state index in [0.29, 0.717) is 6.54 Å². The van der Waals surface area contributed by atoms with Crippen LogP contribution >= 0.6 is 22.7 Å². The maximum absolute atomic E-state index is 12.5. The normalized spacial score (nSPS) is 13.1. The van der Waals surface area contributed by atoms with E-state index in [-0.39, 0.29) is 29.1 Å². The van der Waals surface area contributed by atoms with Gasteiger partial charge in [0, 0.05) is 17.3 Å². The number of aromatic nitrogens is 2. The predicted molar refractivity (Wildman–Crippen MR) is 85.9 cm³/mol. The minimum absolute atomic E-state index is 0.00174. The van der Waals surface area contributed by atoms with Crippen LogP contribution in [0.3, 0.4) is 0 Å². The van der Waals surface area contributed by atoms with Gasteiger partial charge in [0.15, 0.2) is 17.3 Å². The molecular weight excluding hydrogens is 404 g/mol. The van der Waals surface area contributed by atoms with Crippen LogP contribution in [0.2, 0.25) is 0 Å². The lowest BCUT2D eigenvalue weighted by Crippen LogP contribution is -2.36. The second-order valence-electron chi connectivity index (χ2n) is 4.80. The van der Waals surface area contributed by atoms with Gasteiger partial charge in [-0.2, -0.15) is 26.3 Å². The molecule has 0 atom stereocenters. The summed E-state index contributed by atoms with van der Waals surface area (Å²) in [6, 6.07) is 0. The number of rotatable bonds is 5. The van der Waals surface area contributed by atoms with Crippen molar-refractivity contribution in [1.29, 1.82) is 0 Å². The number of thiazole rings is 2. The van der Waals surface area contributed by atoms with Crippen molar-refractivity contribution in [3.63, 3.8) is 0 Å². The maximum atomic E-state index is 12.5. The summed E-state index contributed by atoms with van der Waals surface area (Å²) in [4.78, 5) is 11.0. The van der Waals surface area contributed by atoms with Gasteiger partial charge in [-0.3, -0.25) is 0 Å². The molecule has 2 rings (SSSR count). The van der Waals surface area contributed by atoms with E-state index in [1.807, 2.05) is 0 Å². The lowest BCUT2D eigenvalue weighted by Gasteiger charge is -2.09. The largest absolute Gasteiger partial charge is 0.434 e. The lowest BCUT2D eigenvalue weighted by molar-refractivity contribution is -0.141. The highest BCUT2D eigenvalue weighted by molar-refractivity contribution is 7.09. The molecule has 0 bridgehead atoms. The highest BCUT2D eigenvalue weighted by atomic mass is 32.1. The smallest absolute Gasteiger partial charge is 0.357 e. The Bertz CT molecular complexity index is 749. The Morgan fingerprint density at radius 3 is 2.00 bits per heavy atom. The third-order valence-corrected chi connectivity index (χ3v) is 4.49. The van der Waals surface area contributed by atoms with E-state index in [0.717, 1.165) is 33.4 Å². The maximum Gasteiger partial charge on any atom is 0.434 e. The number of halogens is 6. The molecule has 0 saturated carbocycles. The van der Waals surface area contributed by atoms with Gasteiger partial charge in [-0.05, 0) is 6.92 Å². The molecule has 0 radical (unpaired) electrons. The molecule has 0 amide bonds. The minimum atomic E-state index is -4.51. The molecular formula is C13H13F6N5S2. The molecule has 0 spiro atoms. The number of guanidine groups is 1. The van der Waals surface area contributed by atoms with Gasteiger partial charge in [0.25, 0.3) is 0 Å². The van der Waals surface area contributed by atoms with Crippen LogP contribution in [0.25, 0.3) is 0 Å². The highest BCUT2D eigenvalue weighted by Crippen LogP contribution is 2.30. The van der Waals surface area contributed by atoms with Gasteiger partial charge in [-0.25, -0.2) is 15.0 Å². The second-order valence-corrected chi connectivity index (χ2v) is 6.68. The molecule has 0 aliphatic carbocycles. The first-order chi connectivity index (χ1) is 12.1. The molecule has 0 aromatic carbocycles. The molecule has 2 aromatic rings. The first-order valence-corrected chi connectivity index (χ1v) is 8.91. The fourth-order valence-electron chi connectivity index (χ4n) is 1.68. The predicted octanol–water partition coefficient (Wildman–Crippen LogP) is 3.89. The van der Waals surface area contributed by atoms with Crippen LogP contribution in [-0.2, 0) is 25.4 Å². The van der Waals surface area contributed by atoms with Gasteiger partial charge in [0.2, 0.25) is 0 Å². The molecule has 0 aliphatic heterocycles. The van der Waals surface area contributed by atoms with Gasteiger partial charge < -0.3 is 10.6 Å². The van der Waals surface area contributed by atoms with E-state index >= 15 is 0 Å². The van der Waals surface area contributed by atoms with Crippen molar-refractivity contribution in [2.75, 3.05) is 6.54 Å². The Kier molecular flexibility index (Phi) is 6.44. The highest BCUT2D eigenvalue weighted by Gasteiger charge is 2.34. The Hall–Kier alpha value is -1.89. The van der Waals surface area contributed by atoms with Crippen molar-refractivity contribution in [1.82, 2.24) is 20.6 Å². The summed E-state index contributed by atoms with van der Waals surface area (Å²) in [5.41, 5.74) is -1.95. The van der Waals surface area contributed by atoms with Crippen molar-refractivity contribution >= 4 is 28.6 Å². The monoisotopic (exact) mass is 417 g/mol. The topological polar surface area (TPSA) is 62.2 Å². The molecule has 26 heavy (non-hydrogen) atoms. The van der Waals surface area contributed by atoms with Crippen molar-refractivity contribution in [3.8, 4) is 0 Å². The zero-order chi connectivity index (χ0) is 19.4. The molecule has 0 saturated heterocycles. The van der Waals surface area contributed by atoms with Crippen LogP contribution < -0.4 is 10.6 Å². The van der Waals surface area contributed by atoms with E-state index in [9.17, 15) is 26.3 Å². The average Bonchev–Trinajstić information content (AvgIpc) is 3.18. The second kappa shape index (κ2) is 8.20. The van der Waals surface area contributed by atoms with Gasteiger partial charge in [0.1, 0.15) is 10.0 Å². The Balaban J connectivity index is 1.98. The Labute approximate surface area is 152 Å². The standard InChI is InChI=1S/C13H13F6N5S2/c1-2-20-11(21-3-9-23-7(5-25-9)12(14,15)16)22-4-10-24-8(6-26-10)13(17,18)19/h5-6H,2-4H2,1H3,(H2,20,21,22). The Morgan fingerprint density at radius 2 is 1.50 bits per heavy atom. The van der Waals surface area contributed by atoms with Gasteiger partial charge in [-0.1, -0.05) is 0 Å². The quantitative estimate of drug-likeness (QED) is 0.440. The average molecular weight is 417 g/mol. The summed E-state index contributed by atoms with van der Waals surface area (Å²) < 4.78 is 75.1. The van der Waals surface area contributed by atoms with Crippen LogP contribution in [0, 0.1) is 0 Å². The molecule has 0 fully saturated rings. The Morgan fingerprint density at radius 1 is 0.962 bits per heavy atom. The SMILES string of the molecule is CCNC(=NCc1nc(C(F)(F)F)cs1)NCc1nc(C(F)(F)F)cs1. The zero-order valence-corrected chi connectivity index (χ0v) is 14.8. The molecule has 144 valence electrons. The van der Waals surface area contributed by atoms with Crippen LogP contribution in [-0.4, -0.2) is 22.5 Å². The number of nitrogens with one attached hydrogen (secondary N) is 2. The summed E-state index contributed by atoms with van der Waals surface area (Å²) >= 11 is 1.67. The van der Waals surface area contributed by atoms with Crippen LogP contribution in [0.1, 0.15) is 28.3 Å². The summed E-state index contributed by atoms with van der Waals surface area (Å²) in [6.45, 7) is 2.14. The number of hydrogen-bond acceptors (Lipinski definition) is 5. The molecule has 5 nitrogen and oxygen atoms in total. The van der Waals surface area contributed by atoms with Crippen molar-refractivity contribution < 1.29 is 26.3 Å². The molecule has 0 aliphatic rings. The number of alkyl halides is 6. The van der Waals surface area contributed by atoms with Crippen LogP contribution in [0.4, 0.5) is 26.3 Å². The third kappa shape index (κ3) is 5.83. The van der Waals surface area contributed by atoms with E-state index in [4.69, 9.17) is 0 Å². The molecule has 2 heterocycles. The van der Waals surface area contributed by atoms with Crippen molar-refractivity contribution in [2.24, 2.45) is 4.99 Å². The summed E-state index contributed by atoms with van der Waals surface area (Å²) in [6.07, 6.45) is -9.02. The molecule has 2 N–H and O–H groups in total. The molecule has 13 heteroatoms. The third-order valence-electron chi connectivity index (χ3n) is 2.81. The van der Waals surface area contributed by atoms with E-state index in [2.05, 4.69) is 25.6 Å². The van der Waals surface area contributed by atoms with Crippen molar-refractivity contribution in [2.45, 2.75) is 32.4 Å². The van der Waals surface area contributed by atoms with Crippen LogP contribution in [0.15, 0.2) is 15.8 Å². The van der Waals surface area contributed by atoms with Gasteiger partial charge in [-0.15, -0.1) is 22.7 Å². The minimum Gasteiger partial charge on any atom is -0.357 e. The fraction of sp³-hybridized carbons (Fsp3) is 0.462. The van der Waals surface area contributed by atoms with Gasteiger partial charge >= 0.3 is 12.4 Å². The van der Waals surface area contributed by atoms with E-state index in [1.54, 1.807) is 6.92 Å². The first kappa shape index (κ1) is 20.4. The number of nitrogens with zero attached hydrogens (tertiary/aromatic N) is 3. The van der Waals surface area contributed by atoms with Gasteiger partial charge in [0.05, 0.1) is 13.1 Å². The summed E-state index contributed by atoms with van der Waals surface area (Å²) in [5, 5.41) is 7.82. The summed E-state index contributed by atoms with van der Waals surface area (Å²) in [5.74, 6) is 0.236. The number of hydrogen-bond donors (Lipinski definition) is 2. The first-order valence-electron chi connectivity index (χ1n) is 7.15. The molecule has 0 unspecified atom stereocenters. The molecule has 2 aromatic heterocycles.